The van der Waals surface area contributed by atoms with Gasteiger partial charge in [0, 0.05) is 11.3 Å². The predicted molar refractivity (Wildman–Crippen MR) is 123 cm³/mol. The minimum atomic E-state index is -4.54. The lowest BCUT2D eigenvalue weighted by atomic mass is 10.1. The summed E-state index contributed by atoms with van der Waals surface area (Å²) in [6, 6.07) is 19.1. The molecule has 0 heterocycles. The van der Waals surface area contributed by atoms with E-state index < -0.39 is 23.6 Å². The highest BCUT2D eigenvalue weighted by atomic mass is 32.2. The quantitative estimate of drug-likeness (QED) is 0.424. The molecule has 0 saturated heterocycles. The third-order valence-electron chi connectivity index (χ3n) is 4.46. The molecule has 3 aromatic rings. The number of thioether (sulfide) groups is 1. The van der Waals surface area contributed by atoms with Crippen molar-refractivity contribution >= 4 is 40.7 Å². The molecule has 0 bridgehead atoms. The third-order valence-corrected chi connectivity index (χ3v) is 5.39. The zero-order chi connectivity index (χ0) is 23.8. The van der Waals surface area contributed by atoms with Crippen molar-refractivity contribution in [2.45, 2.75) is 6.18 Å². The smallest absolute Gasteiger partial charge is 0.325 e. The lowest BCUT2D eigenvalue weighted by Crippen LogP contribution is -2.20. The van der Waals surface area contributed by atoms with Gasteiger partial charge in [-0.3, -0.25) is 14.4 Å². The van der Waals surface area contributed by atoms with Gasteiger partial charge in [0.1, 0.15) is 0 Å². The number of para-hydroxylation sites is 1. The lowest BCUT2D eigenvalue weighted by Gasteiger charge is -2.13. The molecule has 0 unspecified atom stereocenters. The summed E-state index contributed by atoms with van der Waals surface area (Å²) in [7, 11) is 0. The van der Waals surface area contributed by atoms with Crippen LogP contribution >= 0.6 is 11.8 Å². The van der Waals surface area contributed by atoms with E-state index in [4.69, 9.17) is 0 Å². The molecule has 0 saturated carbocycles. The van der Waals surface area contributed by atoms with E-state index in [0.717, 1.165) is 23.9 Å². The average molecular weight is 472 g/mol. The molecule has 9 heteroatoms. The number of halogens is 3. The van der Waals surface area contributed by atoms with Crippen LogP contribution < -0.4 is 10.6 Å². The molecular weight excluding hydrogens is 453 g/mol. The molecule has 0 aliphatic carbocycles. The second kappa shape index (κ2) is 10.8. The predicted octanol–water partition coefficient (Wildman–Crippen LogP) is 5.51. The monoisotopic (exact) mass is 472 g/mol. The first-order valence-corrected chi connectivity index (χ1v) is 10.9. The summed E-state index contributed by atoms with van der Waals surface area (Å²) in [5.41, 5.74) is -0.0486. The number of ketones is 1. The molecule has 2 N–H and O–H groups in total. The number of amides is 2. The van der Waals surface area contributed by atoms with E-state index in [9.17, 15) is 27.6 Å². The summed E-state index contributed by atoms with van der Waals surface area (Å²) in [5.74, 6) is -1.08. The molecular formula is C24H19F3N2O3S. The Morgan fingerprint density at radius 3 is 2.21 bits per heavy atom. The maximum absolute atomic E-state index is 12.9. The van der Waals surface area contributed by atoms with Crippen LogP contribution in [0.3, 0.4) is 0 Å². The number of carbonyl (C=O) groups excluding carboxylic acids is 3. The van der Waals surface area contributed by atoms with Gasteiger partial charge in [-0.2, -0.15) is 13.2 Å². The molecule has 5 nitrogen and oxygen atoms in total. The number of benzene rings is 3. The van der Waals surface area contributed by atoms with Gasteiger partial charge >= 0.3 is 6.18 Å². The molecule has 170 valence electrons. The van der Waals surface area contributed by atoms with E-state index in [1.165, 1.54) is 24.3 Å². The highest BCUT2D eigenvalue weighted by Gasteiger charge is 2.30. The Hall–Kier alpha value is -3.59. The van der Waals surface area contributed by atoms with Gasteiger partial charge in [-0.05, 0) is 30.3 Å². The van der Waals surface area contributed by atoms with E-state index in [2.05, 4.69) is 10.6 Å². The van der Waals surface area contributed by atoms with Gasteiger partial charge in [-0.15, -0.1) is 11.8 Å². The normalized spacial score (nSPS) is 11.0. The number of alkyl halides is 3. The van der Waals surface area contributed by atoms with E-state index in [0.29, 0.717) is 5.56 Å². The van der Waals surface area contributed by atoms with Gasteiger partial charge in [-0.25, -0.2) is 0 Å². The van der Waals surface area contributed by atoms with Crippen molar-refractivity contribution < 1.29 is 27.6 Å². The van der Waals surface area contributed by atoms with Crippen LogP contribution in [0, 0.1) is 0 Å². The van der Waals surface area contributed by atoms with E-state index >= 15 is 0 Å². The topological polar surface area (TPSA) is 75.3 Å². The van der Waals surface area contributed by atoms with Crippen LogP contribution in [0.25, 0.3) is 0 Å². The van der Waals surface area contributed by atoms with Gasteiger partial charge in [0.2, 0.25) is 5.91 Å². The van der Waals surface area contributed by atoms with Crippen molar-refractivity contribution in [1.29, 1.82) is 0 Å². The van der Waals surface area contributed by atoms with Gasteiger partial charge in [0.05, 0.1) is 28.3 Å². The largest absolute Gasteiger partial charge is 0.416 e. The molecule has 2 amide bonds. The Bertz CT molecular complexity index is 1150. The number of carbonyl (C=O) groups is 3. The first-order valence-electron chi connectivity index (χ1n) is 9.77. The van der Waals surface area contributed by atoms with Crippen molar-refractivity contribution in [2.24, 2.45) is 0 Å². The Morgan fingerprint density at radius 2 is 1.48 bits per heavy atom. The maximum atomic E-state index is 12.9. The fraction of sp³-hybridized carbons (Fsp3) is 0.125. The first-order chi connectivity index (χ1) is 15.7. The minimum Gasteiger partial charge on any atom is -0.325 e. The molecule has 0 spiro atoms. The van der Waals surface area contributed by atoms with Crippen LogP contribution in [0.5, 0.6) is 0 Å². The second-order valence-electron chi connectivity index (χ2n) is 6.91. The van der Waals surface area contributed by atoms with Crippen molar-refractivity contribution in [3.8, 4) is 0 Å². The van der Waals surface area contributed by atoms with Crippen LogP contribution in [-0.4, -0.2) is 29.1 Å². The number of hydrogen-bond acceptors (Lipinski definition) is 4. The van der Waals surface area contributed by atoms with Crippen LogP contribution in [-0.2, 0) is 11.0 Å². The highest BCUT2D eigenvalue weighted by molar-refractivity contribution is 8.00. The number of rotatable bonds is 8. The lowest BCUT2D eigenvalue weighted by molar-refractivity contribution is -0.137. The molecule has 0 aliphatic heterocycles. The van der Waals surface area contributed by atoms with E-state index in [1.54, 1.807) is 42.5 Å². The molecule has 33 heavy (non-hydrogen) atoms. The van der Waals surface area contributed by atoms with E-state index in [-0.39, 0.29) is 34.2 Å². The number of nitrogens with one attached hydrogen (secondary N) is 2. The summed E-state index contributed by atoms with van der Waals surface area (Å²) in [5, 5.41) is 5.03. The second-order valence-corrected chi connectivity index (χ2v) is 7.89. The van der Waals surface area contributed by atoms with Crippen LogP contribution in [0.15, 0.2) is 78.9 Å². The summed E-state index contributed by atoms with van der Waals surface area (Å²) >= 11 is 1.14. The molecule has 0 aromatic heterocycles. The number of Topliss-reactive ketones (excluding diaryl/α,β-unsaturated/α-hetero) is 1. The minimum absolute atomic E-state index is 0.0118. The zero-order valence-electron chi connectivity index (χ0n) is 17.2. The number of anilines is 2. The Labute approximate surface area is 192 Å². The maximum Gasteiger partial charge on any atom is 0.416 e. The van der Waals surface area contributed by atoms with Gasteiger partial charge in [-0.1, -0.05) is 48.5 Å². The van der Waals surface area contributed by atoms with Crippen molar-refractivity contribution in [3.63, 3.8) is 0 Å². The molecule has 3 aromatic carbocycles. The molecule has 0 radical (unpaired) electrons. The summed E-state index contributed by atoms with van der Waals surface area (Å²) in [6.45, 7) is 0. The van der Waals surface area contributed by atoms with E-state index in [1.807, 2.05) is 0 Å². The molecule has 0 aliphatic rings. The van der Waals surface area contributed by atoms with Crippen LogP contribution in [0.1, 0.15) is 26.3 Å². The Kier molecular flexibility index (Phi) is 7.89. The molecule has 0 fully saturated rings. The van der Waals surface area contributed by atoms with Gasteiger partial charge in [0.15, 0.2) is 5.78 Å². The zero-order valence-corrected chi connectivity index (χ0v) is 18.0. The molecule has 3 rings (SSSR count). The summed E-state index contributed by atoms with van der Waals surface area (Å²) in [4.78, 5) is 37.1. The summed E-state index contributed by atoms with van der Waals surface area (Å²) < 4.78 is 38.7. The first kappa shape index (κ1) is 24.1. The highest BCUT2D eigenvalue weighted by Crippen LogP contribution is 2.31. The average Bonchev–Trinajstić information content (AvgIpc) is 2.79. The van der Waals surface area contributed by atoms with Crippen LogP contribution in [0.4, 0.5) is 24.5 Å². The van der Waals surface area contributed by atoms with Crippen LogP contribution in [0.2, 0.25) is 0 Å². The fourth-order valence-corrected chi connectivity index (χ4v) is 3.60. The van der Waals surface area contributed by atoms with Crippen molar-refractivity contribution in [2.75, 3.05) is 22.1 Å². The van der Waals surface area contributed by atoms with Crippen molar-refractivity contribution in [3.05, 3.63) is 95.6 Å². The third kappa shape index (κ3) is 6.95. The standard InChI is InChI=1S/C24H19F3N2O3S/c25-24(26,27)17-9-6-10-18(13-17)28-23(32)19-11-4-5-12-20(19)29-22(31)15-33-14-21(30)16-7-2-1-3-8-16/h1-13H,14-15H2,(H,28,32)(H,29,31). The number of hydrogen-bond donors (Lipinski definition) is 2. The Balaban J connectivity index is 1.60. The summed E-state index contributed by atoms with van der Waals surface area (Å²) in [6.07, 6.45) is -4.54. The molecule has 0 atom stereocenters. The van der Waals surface area contributed by atoms with Gasteiger partial charge in [0.25, 0.3) is 5.91 Å². The Morgan fingerprint density at radius 1 is 0.788 bits per heavy atom. The van der Waals surface area contributed by atoms with Gasteiger partial charge < -0.3 is 10.6 Å². The SMILES string of the molecule is O=C(CSCC(=O)c1ccccc1)Nc1ccccc1C(=O)Nc1cccc(C(F)(F)F)c1. The fourth-order valence-electron chi connectivity index (χ4n) is 2.89. The van der Waals surface area contributed by atoms with Crippen molar-refractivity contribution in [1.82, 2.24) is 0 Å².